The monoisotopic (exact) mass is 450 g/mol. The molecule has 1 atom stereocenters. The molecule has 0 spiro atoms. The molecule has 1 unspecified atom stereocenters. The van der Waals surface area contributed by atoms with Gasteiger partial charge in [0.25, 0.3) is 0 Å². The van der Waals surface area contributed by atoms with Crippen molar-refractivity contribution in [3.8, 4) is 11.4 Å². The van der Waals surface area contributed by atoms with E-state index in [9.17, 15) is 4.79 Å². The third-order valence-corrected chi connectivity index (χ3v) is 5.87. The summed E-state index contributed by atoms with van der Waals surface area (Å²) in [7, 11) is 0. The molecule has 4 rings (SSSR count). The SMILES string of the molecule is CC(Sc1nnc(-c2cccnc2)n1Cc1ccccc1)C(=O)Nc1cccnc1Cl. The van der Waals surface area contributed by atoms with Crippen LogP contribution in [0, 0.1) is 0 Å². The number of thioether (sulfide) groups is 1. The molecular weight excluding hydrogens is 432 g/mol. The second-order valence-electron chi connectivity index (χ2n) is 6.71. The molecule has 0 saturated heterocycles. The smallest absolute Gasteiger partial charge is 0.237 e. The van der Waals surface area contributed by atoms with Gasteiger partial charge in [-0.25, -0.2) is 4.98 Å². The highest BCUT2D eigenvalue weighted by molar-refractivity contribution is 8.00. The number of benzene rings is 1. The van der Waals surface area contributed by atoms with Crippen LogP contribution in [0.4, 0.5) is 5.69 Å². The van der Waals surface area contributed by atoms with E-state index < -0.39 is 5.25 Å². The fourth-order valence-electron chi connectivity index (χ4n) is 2.92. The van der Waals surface area contributed by atoms with Crippen LogP contribution in [0.1, 0.15) is 12.5 Å². The lowest BCUT2D eigenvalue weighted by atomic mass is 10.2. The number of amides is 1. The van der Waals surface area contributed by atoms with E-state index >= 15 is 0 Å². The summed E-state index contributed by atoms with van der Waals surface area (Å²) in [5.74, 6) is 0.499. The summed E-state index contributed by atoms with van der Waals surface area (Å²) in [5, 5.41) is 12.0. The molecule has 0 bridgehead atoms. The van der Waals surface area contributed by atoms with Crippen LogP contribution in [-0.4, -0.2) is 35.9 Å². The number of nitrogens with zero attached hydrogens (tertiary/aromatic N) is 5. The molecular formula is C22H19ClN6OS. The van der Waals surface area contributed by atoms with Gasteiger partial charge >= 0.3 is 0 Å². The maximum absolute atomic E-state index is 12.7. The summed E-state index contributed by atoms with van der Waals surface area (Å²) < 4.78 is 2.00. The first-order valence-electron chi connectivity index (χ1n) is 9.57. The van der Waals surface area contributed by atoms with Gasteiger partial charge in [0.15, 0.2) is 16.1 Å². The average molecular weight is 451 g/mol. The lowest BCUT2D eigenvalue weighted by molar-refractivity contribution is -0.115. The lowest BCUT2D eigenvalue weighted by Gasteiger charge is -2.14. The van der Waals surface area contributed by atoms with Crippen molar-refractivity contribution in [2.75, 3.05) is 5.32 Å². The third-order valence-electron chi connectivity index (χ3n) is 4.49. The Morgan fingerprint density at radius 1 is 1.10 bits per heavy atom. The molecule has 156 valence electrons. The number of nitrogens with one attached hydrogen (secondary N) is 1. The number of aromatic nitrogens is 5. The Balaban J connectivity index is 1.59. The summed E-state index contributed by atoms with van der Waals surface area (Å²) in [5.41, 5.74) is 2.44. The van der Waals surface area contributed by atoms with Crippen LogP contribution in [0.25, 0.3) is 11.4 Å². The highest BCUT2D eigenvalue weighted by Crippen LogP contribution is 2.28. The average Bonchev–Trinajstić information content (AvgIpc) is 3.18. The Morgan fingerprint density at radius 2 is 1.90 bits per heavy atom. The number of rotatable bonds is 7. The predicted octanol–water partition coefficient (Wildman–Crippen LogP) is 4.56. The molecule has 0 radical (unpaired) electrons. The van der Waals surface area contributed by atoms with Crippen molar-refractivity contribution < 1.29 is 4.79 Å². The normalized spacial score (nSPS) is 11.8. The predicted molar refractivity (Wildman–Crippen MR) is 122 cm³/mol. The van der Waals surface area contributed by atoms with Gasteiger partial charge in [0.1, 0.15) is 0 Å². The van der Waals surface area contributed by atoms with Gasteiger partial charge in [-0.05, 0) is 36.8 Å². The second-order valence-corrected chi connectivity index (χ2v) is 8.38. The number of halogens is 1. The van der Waals surface area contributed by atoms with Crippen molar-refractivity contribution in [3.05, 3.63) is 83.9 Å². The molecule has 9 heteroatoms. The van der Waals surface area contributed by atoms with Gasteiger partial charge in [-0.2, -0.15) is 0 Å². The first-order valence-corrected chi connectivity index (χ1v) is 10.8. The quantitative estimate of drug-likeness (QED) is 0.328. The Kier molecular flexibility index (Phi) is 6.59. The van der Waals surface area contributed by atoms with Crippen molar-refractivity contribution >= 4 is 35.0 Å². The maximum atomic E-state index is 12.7. The zero-order chi connectivity index (χ0) is 21.6. The maximum Gasteiger partial charge on any atom is 0.237 e. The number of pyridine rings is 2. The van der Waals surface area contributed by atoms with Crippen LogP contribution in [0.15, 0.2) is 78.3 Å². The molecule has 1 aromatic carbocycles. The molecule has 1 amide bonds. The molecule has 0 aliphatic carbocycles. The van der Waals surface area contributed by atoms with Crippen LogP contribution >= 0.6 is 23.4 Å². The second kappa shape index (κ2) is 9.72. The molecule has 0 aliphatic heterocycles. The largest absolute Gasteiger partial charge is 0.322 e. The molecule has 3 heterocycles. The van der Waals surface area contributed by atoms with Crippen molar-refractivity contribution in [3.63, 3.8) is 0 Å². The summed E-state index contributed by atoms with van der Waals surface area (Å²) in [6, 6.07) is 17.3. The molecule has 1 N–H and O–H groups in total. The first kappa shape index (κ1) is 21.0. The minimum absolute atomic E-state index is 0.197. The Morgan fingerprint density at radius 3 is 2.65 bits per heavy atom. The van der Waals surface area contributed by atoms with E-state index in [1.54, 1.807) is 30.7 Å². The van der Waals surface area contributed by atoms with Crippen LogP contribution in [0.5, 0.6) is 0 Å². The Hall–Kier alpha value is -3.23. The topological polar surface area (TPSA) is 85.6 Å². The van der Waals surface area contributed by atoms with Crippen LogP contribution in [0.2, 0.25) is 5.15 Å². The highest BCUT2D eigenvalue weighted by Gasteiger charge is 2.22. The van der Waals surface area contributed by atoms with Gasteiger partial charge < -0.3 is 5.32 Å². The molecule has 3 aromatic heterocycles. The zero-order valence-electron chi connectivity index (χ0n) is 16.6. The van der Waals surface area contributed by atoms with Crippen LogP contribution in [0.3, 0.4) is 0 Å². The van der Waals surface area contributed by atoms with E-state index in [0.717, 1.165) is 11.1 Å². The number of carbonyl (C=O) groups excluding carboxylic acids is 1. The molecule has 0 fully saturated rings. The van der Waals surface area contributed by atoms with E-state index in [4.69, 9.17) is 11.6 Å². The van der Waals surface area contributed by atoms with Crippen LogP contribution in [-0.2, 0) is 11.3 Å². The van der Waals surface area contributed by atoms with Crippen molar-refractivity contribution in [2.45, 2.75) is 23.9 Å². The fourth-order valence-corrected chi connectivity index (χ4v) is 3.93. The van der Waals surface area contributed by atoms with E-state index in [1.165, 1.54) is 11.8 Å². The third kappa shape index (κ3) is 5.10. The zero-order valence-corrected chi connectivity index (χ0v) is 18.2. The number of anilines is 1. The Labute approximate surface area is 188 Å². The summed E-state index contributed by atoms with van der Waals surface area (Å²) in [4.78, 5) is 20.9. The number of carbonyl (C=O) groups is 1. The first-order chi connectivity index (χ1) is 15.1. The van der Waals surface area contributed by atoms with Gasteiger partial charge in [-0.3, -0.25) is 14.3 Å². The summed E-state index contributed by atoms with van der Waals surface area (Å²) in [6.07, 6.45) is 5.04. The minimum Gasteiger partial charge on any atom is -0.322 e. The summed E-state index contributed by atoms with van der Waals surface area (Å²) >= 11 is 7.39. The van der Waals surface area contributed by atoms with Crippen molar-refractivity contribution in [1.29, 1.82) is 0 Å². The summed E-state index contributed by atoms with van der Waals surface area (Å²) in [6.45, 7) is 2.39. The molecule has 0 aliphatic rings. The van der Waals surface area contributed by atoms with Gasteiger partial charge in [-0.1, -0.05) is 53.7 Å². The van der Waals surface area contributed by atoms with Gasteiger partial charge in [0, 0.05) is 24.2 Å². The van der Waals surface area contributed by atoms with Crippen molar-refractivity contribution in [1.82, 2.24) is 24.7 Å². The number of hydrogen-bond acceptors (Lipinski definition) is 6. The minimum atomic E-state index is -0.434. The Bertz CT molecular complexity index is 1170. The van der Waals surface area contributed by atoms with E-state index in [1.807, 2.05) is 54.0 Å². The molecule has 31 heavy (non-hydrogen) atoms. The van der Waals surface area contributed by atoms with Gasteiger partial charge in [-0.15, -0.1) is 10.2 Å². The van der Waals surface area contributed by atoms with E-state index in [2.05, 4.69) is 25.5 Å². The van der Waals surface area contributed by atoms with E-state index in [0.29, 0.717) is 23.2 Å². The number of hydrogen-bond donors (Lipinski definition) is 1. The van der Waals surface area contributed by atoms with Crippen LogP contribution < -0.4 is 5.32 Å². The van der Waals surface area contributed by atoms with E-state index in [-0.39, 0.29) is 11.1 Å². The fraction of sp³-hybridized carbons (Fsp3) is 0.136. The standard InChI is InChI=1S/C22H19ClN6OS/c1-15(21(30)26-18-10-6-12-25-19(18)23)31-22-28-27-20(17-9-5-11-24-13-17)29(22)14-16-7-3-2-4-8-16/h2-13,15H,14H2,1H3,(H,26,30). The van der Waals surface area contributed by atoms with Gasteiger partial charge in [0.05, 0.1) is 17.5 Å². The molecule has 0 saturated carbocycles. The molecule has 7 nitrogen and oxygen atoms in total. The molecule has 4 aromatic rings. The highest BCUT2D eigenvalue weighted by atomic mass is 35.5. The van der Waals surface area contributed by atoms with Crippen molar-refractivity contribution in [2.24, 2.45) is 0 Å². The van der Waals surface area contributed by atoms with Gasteiger partial charge in [0.2, 0.25) is 5.91 Å². The lowest BCUT2D eigenvalue weighted by Crippen LogP contribution is -2.23.